The number of hydrogen-bond donors (Lipinski definition) is 0. The first-order valence-electron chi connectivity index (χ1n) is 4.55. The van der Waals surface area contributed by atoms with Gasteiger partial charge in [0.1, 0.15) is 0 Å². The van der Waals surface area contributed by atoms with Gasteiger partial charge in [-0.1, -0.05) is 0 Å². The number of fused-ring (bicyclic) bond motifs is 6. The van der Waals surface area contributed by atoms with E-state index in [1.54, 1.807) is 0 Å². The van der Waals surface area contributed by atoms with Crippen molar-refractivity contribution >= 4 is 0 Å². The maximum absolute atomic E-state index is 5.62. The largest absolute Gasteiger partial charge is 0.369 e. The summed E-state index contributed by atoms with van der Waals surface area (Å²) in [6, 6.07) is 0. The van der Waals surface area contributed by atoms with Gasteiger partial charge in [-0.05, 0) is 42.9 Å². The van der Waals surface area contributed by atoms with Crippen molar-refractivity contribution in [2.24, 2.45) is 17.3 Å². The molecule has 4 rings (SSSR count). The Balaban J connectivity index is 1.84. The maximum Gasteiger partial charge on any atom is 0.0878 e. The highest BCUT2D eigenvalue weighted by atomic mass is 16.6. The lowest BCUT2D eigenvalue weighted by atomic mass is 9.86. The molecule has 4 fully saturated rings. The first-order chi connectivity index (χ1) is 4.89. The molecule has 0 amide bonds. The van der Waals surface area contributed by atoms with Crippen LogP contribution >= 0.6 is 0 Å². The Hall–Kier alpha value is -0.0400. The summed E-state index contributed by atoms with van der Waals surface area (Å²) in [5.41, 5.74) is 0.850. The summed E-state index contributed by atoms with van der Waals surface area (Å²) in [6.07, 6.45) is 7.60. The van der Waals surface area contributed by atoms with Gasteiger partial charge in [-0.15, -0.1) is 0 Å². The molecule has 4 aliphatic rings. The highest BCUT2D eigenvalue weighted by Gasteiger charge is 2.71. The molecule has 0 radical (unpaired) electrons. The summed E-state index contributed by atoms with van der Waals surface area (Å²) >= 11 is 0. The summed E-state index contributed by atoms with van der Waals surface area (Å²) in [4.78, 5) is 0. The fraction of sp³-hybridized carbons (Fsp3) is 1.00. The Morgan fingerprint density at radius 1 is 1.20 bits per heavy atom. The summed E-state index contributed by atoms with van der Waals surface area (Å²) in [5, 5.41) is 0. The quantitative estimate of drug-likeness (QED) is 0.460. The number of ether oxygens (including phenoxy) is 1. The zero-order valence-electron chi connectivity index (χ0n) is 6.05. The van der Waals surface area contributed by atoms with Crippen molar-refractivity contribution in [3.63, 3.8) is 0 Å². The van der Waals surface area contributed by atoms with E-state index in [9.17, 15) is 0 Å². The lowest BCUT2D eigenvalue weighted by Gasteiger charge is -2.16. The summed E-state index contributed by atoms with van der Waals surface area (Å²) < 4.78 is 5.62. The molecule has 3 aliphatic carbocycles. The molecule has 1 spiro atoms. The molecule has 3 saturated carbocycles. The van der Waals surface area contributed by atoms with Crippen molar-refractivity contribution in [2.45, 2.75) is 37.9 Å². The van der Waals surface area contributed by atoms with Crippen LogP contribution in [0.15, 0.2) is 0 Å². The smallest absolute Gasteiger partial charge is 0.0878 e. The monoisotopic (exact) mass is 136 g/mol. The van der Waals surface area contributed by atoms with Crippen LogP contribution in [0.25, 0.3) is 0 Å². The van der Waals surface area contributed by atoms with Crippen LogP contribution in [0.5, 0.6) is 0 Å². The van der Waals surface area contributed by atoms with Crippen molar-refractivity contribution in [3.8, 4) is 0 Å². The first kappa shape index (κ1) is 4.76. The van der Waals surface area contributed by atoms with Crippen LogP contribution in [0.1, 0.15) is 25.7 Å². The van der Waals surface area contributed by atoms with E-state index < -0.39 is 0 Å². The van der Waals surface area contributed by atoms with E-state index >= 15 is 0 Å². The molecule has 4 atom stereocenters. The standard InChI is InChI=1S/C9H12O/c1-2-9(1)4-5-3-6(9)8-7(5)10-8/h5-8H,1-4H2/t5-,6-,7-,8+/m1/s1. The molecule has 0 aromatic rings. The van der Waals surface area contributed by atoms with E-state index in [2.05, 4.69) is 0 Å². The second-order valence-corrected chi connectivity index (χ2v) is 4.73. The van der Waals surface area contributed by atoms with E-state index in [1.807, 2.05) is 0 Å². The average Bonchev–Trinajstić information content (AvgIpc) is 2.77. The van der Waals surface area contributed by atoms with Gasteiger partial charge in [0.05, 0.1) is 12.2 Å². The molecule has 0 aromatic heterocycles. The molecule has 2 bridgehead atoms. The normalized spacial score (nSPS) is 64.8. The second kappa shape index (κ2) is 1.08. The molecule has 1 heteroatoms. The minimum absolute atomic E-state index is 0.747. The third kappa shape index (κ3) is 0.334. The van der Waals surface area contributed by atoms with Gasteiger partial charge >= 0.3 is 0 Å². The van der Waals surface area contributed by atoms with Crippen LogP contribution in [0.3, 0.4) is 0 Å². The van der Waals surface area contributed by atoms with E-state index in [0.29, 0.717) is 0 Å². The molecular formula is C9H12O. The lowest BCUT2D eigenvalue weighted by molar-refractivity contribution is 0.244. The average molecular weight is 136 g/mol. The van der Waals surface area contributed by atoms with Crippen LogP contribution in [-0.2, 0) is 4.74 Å². The third-order valence-electron chi connectivity index (χ3n) is 4.33. The Kier molecular flexibility index (Phi) is 0.513. The van der Waals surface area contributed by atoms with Gasteiger partial charge in [0, 0.05) is 0 Å². The van der Waals surface area contributed by atoms with Gasteiger partial charge in [-0.25, -0.2) is 0 Å². The summed E-state index contributed by atoms with van der Waals surface area (Å²) in [6.45, 7) is 0. The highest BCUT2D eigenvalue weighted by molar-refractivity contribution is 5.20. The van der Waals surface area contributed by atoms with Crippen LogP contribution in [-0.4, -0.2) is 12.2 Å². The second-order valence-electron chi connectivity index (χ2n) is 4.73. The lowest BCUT2D eigenvalue weighted by Crippen LogP contribution is -2.18. The van der Waals surface area contributed by atoms with E-state index in [0.717, 1.165) is 29.5 Å². The van der Waals surface area contributed by atoms with Crippen molar-refractivity contribution in [1.82, 2.24) is 0 Å². The fourth-order valence-corrected chi connectivity index (χ4v) is 3.64. The topological polar surface area (TPSA) is 12.5 Å². The Morgan fingerprint density at radius 2 is 2.10 bits per heavy atom. The van der Waals surface area contributed by atoms with Crippen molar-refractivity contribution in [3.05, 3.63) is 0 Å². The zero-order chi connectivity index (χ0) is 6.34. The van der Waals surface area contributed by atoms with Gasteiger partial charge in [0.15, 0.2) is 0 Å². The Morgan fingerprint density at radius 3 is 2.70 bits per heavy atom. The minimum Gasteiger partial charge on any atom is -0.369 e. The molecule has 1 aliphatic heterocycles. The molecule has 54 valence electrons. The number of epoxide rings is 1. The molecule has 10 heavy (non-hydrogen) atoms. The third-order valence-corrected chi connectivity index (χ3v) is 4.33. The molecule has 0 aromatic carbocycles. The van der Waals surface area contributed by atoms with E-state index in [1.165, 1.54) is 25.7 Å². The van der Waals surface area contributed by atoms with Crippen LogP contribution < -0.4 is 0 Å². The van der Waals surface area contributed by atoms with E-state index in [4.69, 9.17) is 4.74 Å². The van der Waals surface area contributed by atoms with Crippen LogP contribution in [0.2, 0.25) is 0 Å². The predicted octanol–water partition coefficient (Wildman–Crippen LogP) is 1.57. The van der Waals surface area contributed by atoms with Gasteiger partial charge in [0.25, 0.3) is 0 Å². The molecular weight excluding hydrogens is 124 g/mol. The molecule has 1 heterocycles. The maximum atomic E-state index is 5.62. The van der Waals surface area contributed by atoms with Gasteiger partial charge in [0.2, 0.25) is 0 Å². The number of rotatable bonds is 0. The Labute approximate surface area is 60.7 Å². The highest BCUT2D eigenvalue weighted by Crippen LogP contribution is 2.73. The van der Waals surface area contributed by atoms with Crippen molar-refractivity contribution in [2.75, 3.05) is 0 Å². The van der Waals surface area contributed by atoms with Crippen LogP contribution in [0, 0.1) is 17.3 Å². The summed E-state index contributed by atoms with van der Waals surface area (Å²) in [5.74, 6) is 2.01. The molecule has 0 unspecified atom stereocenters. The zero-order valence-corrected chi connectivity index (χ0v) is 6.05. The van der Waals surface area contributed by atoms with Gasteiger partial charge < -0.3 is 4.74 Å². The first-order valence-corrected chi connectivity index (χ1v) is 4.55. The minimum atomic E-state index is 0.747. The molecule has 0 N–H and O–H groups in total. The Bertz CT molecular complexity index is 207. The van der Waals surface area contributed by atoms with E-state index in [-0.39, 0.29) is 0 Å². The fourth-order valence-electron chi connectivity index (χ4n) is 3.64. The molecule has 1 nitrogen and oxygen atoms in total. The van der Waals surface area contributed by atoms with Crippen LogP contribution in [0.4, 0.5) is 0 Å². The molecule has 1 saturated heterocycles. The predicted molar refractivity (Wildman–Crippen MR) is 36.5 cm³/mol. The van der Waals surface area contributed by atoms with Gasteiger partial charge in [-0.2, -0.15) is 0 Å². The van der Waals surface area contributed by atoms with Crippen molar-refractivity contribution in [1.29, 1.82) is 0 Å². The summed E-state index contributed by atoms with van der Waals surface area (Å²) in [7, 11) is 0. The number of hydrogen-bond acceptors (Lipinski definition) is 1. The van der Waals surface area contributed by atoms with Crippen molar-refractivity contribution < 1.29 is 4.74 Å². The SMILES string of the molecule is C1[C@@H]2CC3(CC3)[C@H]1[C@@H]1O[C@H]21. The van der Waals surface area contributed by atoms with Gasteiger partial charge in [-0.3, -0.25) is 0 Å².